The van der Waals surface area contributed by atoms with Gasteiger partial charge < -0.3 is 10.0 Å². The molecule has 0 spiro atoms. The minimum atomic E-state index is -0.817. The van der Waals surface area contributed by atoms with Crippen LogP contribution in [-0.4, -0.2) is 25.2 Å². The van der Waals surface area contributed by atoms with Crippen LogP contribution in [0.4, 0.5) is 5.69 Å². The van der Waals surface area contributed by atoms with E-state index in [-0.39, 0.29) is 6.42 Å². The van der Waals surface area contributed by atoms with Crippen LogP contribution in [0.2, 0.25) is 0 Å². The summed E-state index contributed by atoms with van der Waals surface area (Å²) in [6.45, 7) is 0. The molecule has 1 aromatic carbocycles. The van der Waals surface area contributed by atoms with E-state index in [1.54, 1.807) is 0 Å². The molecule has 0 aliphatic heterocycles. The largest absolute Gasteiger partial charge is 0.481 e. The van der Waals surface area contributed by atoms with Crippen LogP contribution >= 0.6 is 0 Å². The van der Waals surface area contributed by atoms with Gasteiger partial charge in [-0.05, 0) is 29.3 Å². The van der Waals surface area contributed by atoms with E-state index in [9.17, 15) is 4.79 Å². The fourth-order valence-corrected chi connectivity index (χ4v) is 2.15. The summed E-state index contributed by atoms with van der Waals surface area (Å²) in [5, 5.41) is 8.88. The van der Waals surface area contributed by atoms with E-state index in [1.165, 1.54) is 0 Å². The minimum Gasteiger partial charge on any atom is -0.481 e. The molecule has 0 aliphatic carbocycles. The maximum atomic E-state index is 10.8. The number of carboxylic acid groups (broad SMARTS) is 1. The Labute approximate surface area is 130 Å². The maximum Gasteiger partial charge on any atom is 0.307 e. The first-order valence-corrected chi connectivity index (χ1v) is 7.11. The Morgan fingerprint density at radius 2 is 1.86 bits per heavy atom. The Kier molecular flexibility index (Phi) is 4.94. The highest BCUT2D eigenvalue weighted by Crippen LogP contribution is 2.14. The molecule has 0 unspecified atom stereocenters. The third-order valence-electron chi connectivity index (χ3n) is 3.46. The molecule has 4 heteroatoms. The van der Waals surface area contributed by atoms with Crippen molar-refractivity contribution >= 4 is 23.8 Å². The number of anilines is 1. The molecule has 22 heavy (non-hydrogen) atoms. The molecule has 1 aromatic heterocycles. The van der Waals surface area contributed by atoms with E-state index < -0.39 is 5.97 Å². The standard InChI is InChI=1S/C18H20N2O2/c1-19(2)16-7-4-14(5-8-16)6-9-17-12-15(13-18(21)22)10-11-20(17)3/h4-12H,13H2,1-3H3/p+1. The Morgan fingerprint density at radius 1 is 1.18 bits per heavy atom. The van der Waals surface area contributed by atoms with Gasteiger partial charge in [0, 0.05) is 38.0 Å². The quantitative estimate of drug-likeness (QED) is 0.862. The normalized spacial score (nSPS) is 10.9. The molecule has 0 fully saturated rings. The highest BCUT2D eigenvalue weighted by Gasteiger charge is 2.07. The van der Waals surface area contributed by atoms with Crippen LogP contribution in [0.15, 0.2) is 42.6 Å². The number of hydrogen-bond acceptors (Lipinski definition) is 2. The first-order chi connectivity index (χ1) is 10.5. The average molecular weight is 297 g/mol. The fraction of sp³-hybridized carbons (Fsp3) is 0.222. The number of aryl methyl sites for hydroxylation is 1. The topological polar surface area (TPSA) is 44.4 Å². The van der Waals surface area contributed by atoms with Crippen LogP contribution < -0.4 is 9.47 Å². The number of benzene rings is 1. The molecule has 1 N–H and O–H groups in total. The van der Waals surface area contributed by atoms with Gasteiger partial charge in [-0.15, -0.1) is 0 Å². The molecule has 0 bridgehead atoms. The molecular weight excluding hydrogens is 276 g/mol. The Balaban J connectivity index is 2.20. The van der Waals surface area contributed by atoms with Crippen molar-refractivity contribution in [1.82, 2.24) is 0 Å². The SMILES string of the molecule is CN(C)c1ccc(/C=C/c2cc(CC(=O)O)cc[n+]2C)cc1. The highest BCUT2D eigenvalue weighted by atomic mass is 16.4. The Bertz CT molecular complexity index is 689. The summed E-state index contributed by atoms with van der Waals surface area (Å²) in [5.41, 5.74) is 4.03. The average Bonchev–Trinajstić information content (AvgIpc) is 2.47. The number of pyridine rings is 1. The van der Waals surface area contributed by atoms with Gasteiger partial charge in [-0.2, -0.15) is 0 Å². The lowest BCUT2D eigenvalue weighted by Crippen LogP contribution is -2.31. The summed E-state index contributed by atoms with van der Waals surface area (Å²) < 4.78 is 1.97. The van der Waals surface area contributed by atoms with E-state index in [0.717, 1.165) is 22.5 Å². The fourth-order valence-electron chi connectivity index (χ4n) is 2.15. The second kappa shape index (κ2) is 6.89. The van der Waals surface area contributed by atoms with Gasteiger partial charge in [-0.3, -0.25) is 4.79 Å². The van der Waals surface area contributed by atoms with E-state index in [0.29, 0.717) is 0 Å². The number of hydrogen-bond donors (Lipinski definition) is 1. The van der Waals surface area contributed by atoms with Gasteiger partial charge >= 0.3 is 5.97 Å². The van der Waals surface area contributed by atoms with Gasteiger partial charge in [-0.1, -0.05) is 12.1 Å². The molecule has 0 amide bonds. The minimum absolute atomic E-state index is 0.0409. The molecule has 0 saturated heterocycles. The number of nitrogens with zero attached hydrogens (tertiary/aromatic N) is 2. The second-order valence-electron chi connectivity index (χ2n) is 5.46. The van der Waals surface area contributed by atoms with Crippen molar-refractivity contribution in [2.24, 2.45) is 7.05 Å². The van der Waals surface area contributed by atoms with Gasteiger partial charge in [0.1, 0.15) is 7.05 Å². The van der Waals surface area contributed by atoms with Gasteiger partial charge in [0.05, 0.1) is 6.42 Å². The van der Waals surface area contributed by atoms with E-state index >= 15 is 0 Å². The molecule has 4 nitrogen and oxygen atoms in total. The number of rotatable bonds is 5. The number of carbonyl (C=O) groups is 1. The van der Waals surface area contributed by atoms with Gasteiger partial charge in [0.15, 0.2) is 6.20 Å². The van der Waals surface area contributed by atoms with Crippen molar-refractivity contribution in [3.05, 3.63) is 59.4 Å². The highest BCUT2D eigenvalue weighted by molar-refractivity contribution is 5.71. The number of aromatic nitrogens is 1. The Morgan fingerprint density at radius 3 is 2.45 bits per heavy atom. The van der Waals surface area contributed by atoms with Crippen molar-refractivity contribution in [2.75, 3.05) is 19.0 Å². The maximum absolute atomic E-state index is 10.8. The van der Waals surface area contributed by atoms with Crippen LogP contribution in [0.5, 0.6) is 0 Å². The lowest BCUT2D eigenvalue weighted by Gasteiger charge is -2.11. The van der Waals surface area contributed by atoms with Gasteiger partial charge in [0.25, 0.3) is 0 Å². The van der Waals surface area contributed by atoms with Crippen LogP contribution in [0.25, 0.3) is 12.2 Å². The van der Waals surface area contributed by atoms with Gasteiger partial charge in [0.2, 0.25) is 5.69 Å². The molecule has 2 aromatic rings. The third kappa shape index (κ3) is 4.19. The summed E-state index contributed by atoms with van der Waals surface area (Å²) in [5.74, 6) is -0.817. The monoisotopic (exact) mass is 297 g/mol. The molecule has 1 heterocycles. The zero-order chi connectivity index (χ0) is 16.1. The van der Waals surface area contributed by atoms with Crippen molar-refractivity contribution in [1.29, 1.82) is 0 Å². The van der Waals surface area contributed by atoms with Crippen LogP contribution in [0, 0.1) is 0 Å². The summed E-state index contributed by atoms with van der Waals surface area (Å²) in [4.78, 5) is 12.9. The Hall–Kier alpha value is -2.62. The molecule has 0 atom stereocenters. The van der Waals surface area contributed by atoms with Crippen molar-refractivity contribution < 1.29 is 14.5 Å². The molecule has 0 saturated carbocycles. The van der Waals surface area contributed by atoms with E-state index in [4.69, 9.17) is 5.11 Å². The van der Waals surface area contributed by atoms with Crippen molar-refractivity contribution in [3.8, 4) is 0 Å². The lowest BCUT2D eigenvalue weighted by atomic mass is 10.1. The van der Waals surface area contributed by atoms with Gasteiger partial charge in [-0.25, -0.2) is 4.57 Å². The molecule has 2 rings (SSSR count). The summed E-state index contributed by atoms with van der Waals surface area (Å²) in [6, 6.07) is 12.0. The van der Waals surface area contributed by atoms with Crippen molar-refractivity contribution in [3.63, 3.8) is 0 Å². The van der Waals surface area contributed by atoms with Crippen molar-refractivity contribution in [2.45, 2.75) is 6.42 Å². The molecular formula is C18H21N2O2+. The van der Waals surface area contributed by atoms with Crippen LogP contribution in [0.1, 0.15) is 16.8 Å². The van der Waals surface area contributed by atoms with E-state index in [2.05, 4.69) is 29.2 Å². The van der Waals surface area contributed by atoms with Crippen LogP contribution in [0.3, 0.4) is 0 Å². The zero-order valence-electron chi connectivity index (χ0n) is 13.2. The second-order valence-corrected chi connectivity index (χ2v) is 5.46. The first kappa shape index (κ1) is 15.8. The zero-order valence-corrected chi connectivity index (χ0v) is 13.2. The lowest BCUT2D eigenvalue weighted by molar-refractivity contribution is -0.673. The third-order valence-corrected chi connectivity index (χ3v) is 3.46. The smallest absolute Gasteiger partial charge is 0.307 e. The van der Waals surface area contributed by atoms with E-state index in [1.807, 2.05) is 56.2 Å². The summed E-state index contributed by atoms with van der Waals surface area (Å²) in [7, 11) is 5.97. The first-order valence-electron chi connectivity index (χ1n) is 7.11. The number of aliphatic carboxylic acids is 1. The number of carboxylic acids is 1. The summed E-state index contributed by atoms with van der Waals surface area (Å²) >= 11 is 0. The molecule has 0 aliphatic rings. The molecule has 0 radical (unpaired) electrons. The predicted molar refractivity (Wildman–Crippen MR) is 88.7 cm³/mol. The molecule has 114 valence electrons. The predicted octanol–water partition coefficient (Wildman–Crippen LogP) is 2.37. The van der Waals surface area contributed by atoms with Crippen LogP contribution in [-0.2, 0) is 18.3 Å². The summed E-state index contributed by atoms with van der Waals surface area (Å²) in [6.07, 6.45) is 5.95.